The lowest BCUT2D eigenvalue weighted by atomic mass is 10.1. The highest BCUT2D eigenvalue weighted by molar-refractivity contribution is 9.10. The number of halogens is 2. The van der Waals surface area contributed by atoms with E-state index in [-0.39, 0.29) is 5.82 Å². The van der Waals surface area contributed by atoms with E-state index in [1.807, 2.05) is 6.92 Å². The first-order valence-corrected chi connectivity index (χ1v) is 4.90. The van der Waals surface area contributed by atoms with E-state index in [2.05, 4.69) is 15.9 Å². The summed E-state index contributed by atoms with van der Waals surface area (Å²) in [6.45, 7) is 1.81. The molecule has 0 aliphatic carbocycles. The average molecular weight is 259 g/mol. The van der Waals surface area contributed by atoms with Crippen LogP contribution in [0.1, 0.15) is 17.4 Å². The van der Waals surface area contributed by atoms with Gasteiger partial charge in [-0.15, -0.1) is 0 Å². The van der Waals surface area contributed by atoms with Gasteiger partial charge in [-0.1, -0.05) is 15.9 Å². The van der Waals surface area contributed by atoms with Gasteiger partial charge in [-0.2, -0.15) is 0 Å². The van der Waals surface area contributed by atoms with Crippen LogP contribution in [0.3, 0.4) is 0 Å². The number of hydrogen-bond acceptors (Lipinski definition) is 2. The molecule has 0 aromatic heterocycles. The highest BCUT2D eigenvalue weighted by Crippen LogP contribution is 2.32. The predicted molar refractivity (Wildman–Crippen MR) is 52.9 cm³/mol. The van der Waals surface area contributed by atoms with Crippen LogP contribution in [0.2, 0.25) is 0 Å². The van der Waals surface area contributed by atoms with Crippen molar-refractivity contribution in [2.24, 2.45) is 0 Å². The van der Waals surface area contributed by atoms with Crippen molar-refractivity contribution < 1.29 is 13.9 Å². The second kappa shape index (κ2) is 3.61. The van der Waals surface area contributed by atoms with E-state index in [1.165, 1.54) is 18.6 Å². The van der Waals surface area contributed by atoms with Gasteiger partial charge in [0.05, 0.1) is 5.56 Å². The van der Waals surface area contributed by atoms with Crippen molar-refractivity contribution in [3.8, 4) is 0 Å². The third-order valence-electron chi connectivity index (χ3n) is 2.09. The van der Waals surface area contributed by atoms with E-state index >= 15 is 0 Å². The Morgan fingerprint density at radius 2 is 1.93 bits per heavy atom. The SMILES string of the molecule is Cc1c(Br)ccc(F)c1C1OC=CO1. The molecule has 0 N–H and O–H groups in total. The van der Waals surface area contributed by atoms with Crippen molar-refractivity contribution in [3.05, 3.63) is 46.1 Å². The normalized spacial score (nSPS) is 15.4. The standard InChI is InChI=1S/C10H8BrFO2/c1-6-7(11)2-3-8(12)9(6)10-13-4-5-14-10/h2-5,10H,1H3. The van der Waals surface area contributed by atoms with Crippen molar-refractivity contribution in [2.45, 2.75) is 13.2 Å². The average Bonchev–Trinajstić information content (AvgIpc) is 2.65. The van der Waals surface area contributed by atoms with E-state index in [0.717, 1.165) is 10.0 Å². The third kappa shape index (κ3) is 1.50. The van der Waals surface area contributed by atoms with Gasteiger partial charge in [0.1, 0.15) is 18.3 Å². The summed E-state index contributed by atoms with van der Waals surface area (Å²) in [5, 5.41) is 0. The van der Waals surface area contributed by atoms with Crippen molar-refractivity contribution >= 4 is 15.9 Å². The summed E-state index contributed by atoms with van der Waals surface area (Å²) in [6.07, 6.45) is 2.15. The zero-order valence-corrected chi connectivity index (χ0v) is 9.05. The first-order valence-electron chi connectivity index (χ1n) is 4.10. The molecule has 0 fully saturated rings. The molecule has 0 bridgehead atoms. The van der Waals surface area contributed by atoms with Crippen LogP contribution in [0.15, 0.2) is 29.1 Å². The van der Waals surface area contributed by atoms with Gasteiger partial charge in [0.2, 0.25) is 0 Å². The Morgan fingerprint density at radius 1 is 1.29 bits per heavy atom. The Balaban J connectivity index is 2.45. The maximum atomic E-state index is 13.5. The summed E-state index contributed by atoms with van der Waals surface area (Å²) >= 11 is 3.33. The molecule has 0 saturated heterocycles. The number of benzene rings is 1. The molecule has 1 aliphatic rings. The van der Waals surface area contributed by atoms with Crippen LogP contribution in [0.25, 0.3) is 0 Å². The van der Waals surface area contributed by atoms with Crippen molar-refractivity contribution in [2.75, 3.05) is 0 Å². The lowest BCUT2D eigenvalue weighted by Gasteiger charge is -2.14. The van der Waals surface area contributed by atoms with Crippen LogP contribution in [0.4, 0.5) is 4.39 Å². The van der Waals surface area contributed by atoms with Crippen molar-refractivity contribution in [1.82, 2.24) is 0 Å². The fraction of sp³-hybridized carbons (Fsp3) is 0.200. The summed E-state index contributed by atoms with van der Waals surface area (Å²) in [7, 11) is 0. The number of ether oxygens (including phenoxy) is 2. The smallest absolute Gasteiger partial charge is 0.269 e. The van der Waals surface area contributed by atoms with Gasteiger partial charge in [-0.05, 0) is 24.6 Å². The first-order chi connectivity index (χ1) is 6.70. The molecule has 1 aliphatic heterocycles. The summed E-state index contributed by atoms with van der Waals surface area (Å²) in [5.41, 5.74) is 1.23. The van der Waals surface area contributed by atoms with Gasteiger partial charge in [0, 0.05) is 4.47 Å². The summed E-state index contributed by atoms with van der Waals surface area (Å²) in [6, 6.07) is 3.05. The monoisotopic (exact) mass is 258 g/mol. The minimum atomic E-state index is -0.660. The van der Waals surface area contributed by atoms with Gasteiger partial charge in [0.15, 0.2) is 0 Å². The number of hydrogen-bond donors (Lipinski definition) is 0. The van der Waals surface area contributed by atoms with Gasteiger partial charge < -0.3 is 9.47 Å². The zero-order chi connectivity index (χ0) is 10.1. The molecule has 2 rings (SSSR count). The van der Waals surface area contributed by atoms with Crippen LogP contribution in [0.5, 0.6) is 0 Å². The van der Waals surface area contributed by atoms with E-state index < -0.39 is 6.29 Å². The molecule has 2 nitrogen and oxygen atoms in total. The zero-order valence-electron chi connectivity index (χ0n) is 7.46. The van der Waals surface area contributed by atoms with Crippen molar-refractivity contribution in [3.63, 3.8) is 0 Å². The minimum absolute atomic E-state index is 0.320. The molecule has 1 heterocycles. The molecule has 0 spiro atoms. The second-order valence-corrected chi connectivity index (χ2v) is 3.80. The van der Waals surface area contributed by atoms with Crippen LogP contribution in [0, 0.1) is 12.7 Å². The van der Waals surface area contributed by atoms with Crippen molar-refractivity contribution in [1.29, 1.82) is 0 Å². The molecule has 0 saturated carbocycles. The molecule has 1 aromatic rings. The Morgan fingerprint density at radius 3 is 2.57 bits per heavy atom. The topological polar surface area (TPSA) is 18.5 Å². The van der Waals surface area contributed by atoms with E-state index in [0.29, 0.717) is 5.56 Å². The Hall–Kier alpha value is -1.03. The first kappa shape index (κ1) is 9.52. The Kier molecular flexibility index (Phi) is 2.46. The highest BCUT2D eigenvalue weighted by atomic mass is 79.9. The Labute approximate surface area is 89.5 Å². The summed E-state index contributed by atoms with van der Waals surface area (Å²) in [4.78, 5) is 0. The van der Waals surface area contributed by atoms with Gasteiger partial charge in [-0.3, -0.25) is 0 Å². The molecular formula is C10H8BrFO2. The third-order valence-corrected chi connectivity index (χ3v) is 2.95. The van der Waals surface area contributed by atoms with Gasteiger partial charge in [-0.25, -0.2) is 4.39 Å². The largest absolute Gasteiger partial charge is 0.455 e. The number of rotatable bonds is 1. The van der Waals surface area contributed by atoms with E-state index in [1.54, 1.807) is 6.07 Å². The molecule has 0 radical (unpaired) electrons. The molecule has 0 atom stereocenters. The quantitative estimate of drug-likeness (QED) is 0.769. The molecule has 0 unspecified atom stereocenters. The lowest BCUT2D eigenvalue weighted by Crippen LogP contribution is -2.04. The molecule has 4 heteroatoms. The van der Waals surface area contributed by atoms with Gasteiger partial charge >= 0.3 is 0 Å². The Bertz CT molecular complexity index is 382. The molecule has 0 amide bonds. The maximum absolute atomic E-state index is 13.5. The highest BCUT2D eigenvalue weighted by Gasteiger charge is 2.23. The summed E-state index contributed by atoms with van der Waals surface area (Å²) in [5.74, 6) is -0.320. The molecule has 74 valence electrons. The molecular weight excluding hydrogens is 251 g/mol. The predicted octanol–water partition coefficient (Wildman–Crippen LogP) is 3.41. The summed E-state index contributed by atoms with van der Waals surface area (Å²) < 4.78 is 24.5. The van der Waals surface area contributed by atoms with E-state index in [4.69, 9.17) is 9.47 Å². The molecule has 1 aromatic carbocycles. The maximum Gasteiger partial charge on any atom is 0.269 e. The fourth-order valence-corrected chi connectivity index (χ4v) is 1.68. The second-order valence-electron chi connectivity index (χ2n) is 2.94. The van der Waals surface area contributed by atoms with Crippen LogP contribution in [-0.4, -0.2) is 0 Å². The minimum Gasteiger partial charge on any atom is -0.455 e. The molecule has 14 heavy (non-hydrogen) atoms. The van der Waals surface area contributed by atoms with Crippen LogP contribution < -0.4 is 0 Å². The van der Waals surface area contributed by atoms with Crippen LogP contribution >= 0.6 is 15.9 Å². The van der Waals surface area contributed by atoms with Gasteiger partial charge in [0.25, 0.3) is 6.29 Å². The van der Waals surface area contributed by atoms with Crippen LogP contribution in [-0.2, 0) is 9.47 Å². The van der Waals surface area contributed by atoms with E-state index in [9.17, 15) is 4.39 Å². The lowest BCUT2D eigenvalue weighted by molar-refractivity contribution is -0.0276. The fourth-order valence-electron chi connectivity index (χ4n) is 1.33.